The molecule has 0 unspecified atom stereocenters. The average Bonchev–Trinajstić information content (AvgIpc) is 2.87. The third kappa shape index (κ3) is 4.57. The van der Waals surface area contributed by atoms with Gasteiger partial charge in [-0.05, 0) is 30.4 Å². The van der Waals surface area contributed by atoms with E-state index >= 15 is 0 Å². The Hall–Kier alpha value is -0.860. The van der Waals surface area contributed by atoms with Gasteiger partial charge in [0, 0.05) is 6.54 Å². The quantitative estimate of drug-likeness (QED) is 0.451. The van der Waals surface area contributed by atoms with E-state index in [1.807, 2.05) is 0 Å². The Morgan fingerprint density at radius 3 is 2.95 bits per heavy atom. The number of amides is 1. The summed E-state index contributed by atoms with van der Waals surface area (Å²) >= 11 is 19.9. The number of nitrogens with one attached hydrogen (secondary N) is 1. The molecule has 0 radical (unpaired) electrons. The number of thioether (sulfide) groups is 1. The van der Waals surface area contributed by atoms with Gasteiger partial charge in [0.2, 0.25) is 5.91 Å². The number of benzene rings is 1. The molecule has 1 amide bonds. The number of aromatic nitrogens is 2. The lowest BCUT2D eigenvalue weighted by atomic mass is 10.3. The summed E-state index contributed by atoms with van der Waals surface area (Å²) in [7, 11) is 0. The summed E-state index contributed by atoms with van der Waals surface area (Å²) in [5, 5.41) is 8.01. The highest BCUT2D eigenvalue weighted by Gasteiger charge is 2.10. The molecular formula is C13H11Cl2N3OS3. The van der Waals surface area contributed by atoms with Crippen LogP contribution >= 0.6 is 58.5 Å². The Kier molecular flexibility index (Phi) is 6.46. The molecule has 1 aromatic heterocycles. The van der Waals surface area contributed by atoms with Gasteiger partial charge in [-0.25, -0.2) is 4.68 Å². The number of hydrogen-bond donors (Lipinski definition) is 1. The summed E-state index contributed by atoms with van der Waals surface area (Å²) in [6.45, 7) is 3.99. The molecule has 1 N–H and O–H groups in total. The van der Waals surface area contributed by atoms with Crippen LogP contribution in [0.5, 0.6) is 0 Å². The number of rotatable bonds is 6. The third-order valence-corrected chi connectivity index (χ3v) is 5.55. The normalized spacial score (nSPS) is 10.5. The van der Waals surface area contributed by atoms with Crippen molar-refractivity contribution < 1.29 is 4.79 Å². The molecule has 0 aliphatic rings. The van der Waals surface area contributed by atoms with E-state index in [0.29, 0.717) is 24.9 Å². The van der Waals surface area contributed by atoms with Gasteiger partial charge in [-0.2, -0.15) is 0 Å². The van der Waals surface area contributed by atoms with Gasteiger partial charge in [0.1, 0.15) is 0 Å². The van der Waals surface area contributed by atoms with Crippen LogP contribution in [0, 0.1) is 3.95 Å². The van der Waals surface area contributed by atoms with Crippen LogP contribution in [0.1, 0.15) is 0 Å². The molecule has 0 saturated heterocycles. The Balaban J connectivity index is 2.11. The van der Waals surface area contributed by atoms with Crippen molar-refractivity contribution in [1.82, 2.24) is 15.1 Å². The molecule has 0 spiro atoms. The first-order valence-electron chi connectivity index (χ1n) is 6.07. The van der Waals surface area contributed by atoms with E-state index in [1.54, 1.807) is 29.0 Å². The summed E-state index contributed by atoms with van der Waals surface area (Å²) in [6.07, 6.45) is 1.63. The van der Waals surface area contributed by atoms with Crippen molar-refractivity contribution in [2.75, 3.05) is 12.3 Å². The van der Waals surface area contributed by atoms with E-state index in [2.05, 4.69) is 17.0 Å². The van der Waals surface area contributed by atoms with Crippen molar-refractivity contribution in [3.05, 3.63) is 44.9 Å². The monoisotopic (exact) mass is 391 g/mol. The molecule has 0 fully saturated rings. The Labute approximate surface area is 151 Å². The van der Waals surface area contributed by atoms with E-state index in [-0.39, 0.29) is 11.7 Å². The Morgan fingerprint density at radius 2 is 2.27 bits per heavy atom. The molecule has 2 aromatic rings. The molecule has 0 aliphatic carbocycles. The first kappa shape index (κ1) is 17.5. The van der Waals surface area contributed by atoms with Gasteiger partial charge in [0.15, 0.2) is 8.29 Å². The molecular weight excluding hydrogens is 381 g/mol. The Bertz CT molecular complexity index is 757. The fourth-order valence-corrected chi connectivity index (χ4v) is 3.95. The van der Waals surface area contributed by atoms with Crippen molar-refractivity contribution in [1.29, 1.82) is 0 Å². The van der Waals surface area contributed by atoms with Crippen LogP contribution < -0.4 is 5.32 Å². The lowest BCUT2D eigenvalue weighted by Crippen LogP contribution is -2.24. The zero-order valence-electron chi connectivity index (χ0n) is 11.2. The van der Waals surface area contributed by atoms with E-state index < -0.39 is 0 Å². The summed E-state index contributed by atoms with van der Waals surface area (Å²) < 4.78 is 2.89. The third-order valence-electron chi connectivity index (χ3n) is 2.45. The molecule has 0 atom stereocenters. The van der Waals surface area contributed by atoms with Crippen LogP contribution in [0.4, 0.5) is 0 Å². The van der Waals surface area contributed by atoms with E-state index in [1.165, 1.54) is 23.1 Å². The van der Waals surface area contributed by atoms with Crippen molar-refractivity contribution in [3.63, 3.8) is 0 Å². The van der Waals surface area contributed by atoms with Gasteiger partial charge in [0.25, 0.3) is 0 Å². The summed E-state index contributed by atoms with van der Waals surface area (Å²) in [4.78, 5) is 11.6. The average molecular weight is 392 g/mol. The van der Waals surface area contributed by atoms with Crippen molar-refractivity contribution in [2.24, 2.45) is 0 Å². The zero-order chi connectivity index (χ0) is 16.1. The minimum atomic E-state index is -0.0768. The van der Waals surface area contributed by atoms with Gasteiger partial charge in [-0.1, -0.05) is 52.4 Å². The highest BCUT2D eigenvalue weighted by Crippen LogP contribution is 2.27. The smallest absolute Gasteiger partial charge is 0.230 e. The maximum atomic E-state index is 11.6. The van der Waals surface area contributed by atoms with Gasteiger partial charge >= 0.3 is 0 Å². The predicted octanol–water partition coefficient (Wildman–Crippen LogP) is 4.36. The molecule has 4 nitrogen and oxygen atoms in total. The molecule has 0 saturated carbocycles. The van der Waals surface area contributed by atoms with Gasteiger partial charge < -0.3 is 5.32 Å². The lowest BCUT2D eigenvalue weighted by Gasteiger charge is -2.02. The highest BCUT2D eigenvalue weighted by atomic mass is 35.5. The molecule has 0 bridgehead atoms. The number of carbonyl (C=O) groups excluding carboxylic acids is 1. The zero-order valence-corrected chi connectivity index (χ0v) is 15.2. The molecule has 1 heterocycles. The van der Waals surface area contributed by atoms with Crippen molar-refractivity contribution >= 4 is 64.4 Å². The molecule has 2 rings (SSSR count). The minimum Gasteiger partial charge on any atom is -0.352 e. The number of halogens is 2. The maximum Gasteiger partial charge on any atom is 0.230 e. The summed E-state index contributed by atoms with van der Waals surface area (Å²) in [5.41, 5.74) is 0.735. The minimum absolute atomic E-state index is 0.0768. The second-order valence-electron chi connectivity index (χ2n) is 4.03. The number of carbonyl (C=O) groups is 1. The largest absolute Gasteiger partial charge is 0.352 e. The SMILES string of the molecule is C=CCNC(=O)CSc1nn(-c2ccc(Cl)c(Cl)c2)c(=S)s1. The molecule has 9 heteroatoms. The fraction of sp³-hybridized carbons (Fsp3) is 0.154. The van der Waals surface area contributed by atoms with Gasteiger partial charge in [-0.3, -0.25) is 4.79 Å². The second kappa shape index (κ2) is 8.12. The van der Waals surface area contributed by atoms with Crippen LogP contribution in [0.15, 0.2) is 35.2 Å². The van der Waals surface area contributed by atoms with Crippen LogP contribution in [-0.2, 0) is 4.79 Å². The first-order valence-corrected chi connectivity index (χ1v) is 9.04. The van der Waals surface area contributed by atoms with E-state index in [4.69, 9.17) is 35.4 Å². The summed E-state index contributed by atoms with van der Waals surface area (Å²) in [6, 6.07) is 5.18. The topological polar surface area (TPSA) is 46.9 Å². The maximum absolute atomic E-state index is 11.6. The van der Waals surface area contributed by atoms with E-state index in [0.717, 1.165) is 5.69 Å². The van der Waals surface area contributed by atoms with Crippen LogP contribution in [0.2, 0.25) is 10.0 Å². The van der Waals surface area contributed by atoms with E-state index in [9.17, 15) is 4.79 Å². The lowest BCUT2D eigenvalue weighted by molar-refractivity contribution is -0.118. The fourth-order valence-electron chi connectivity index (χ4n) is 1.46. The highest BCUT2D eigenvalue weighted by molar-refractivity contribution is 8.01. The molecule has 116 valence electrons. The van der Waals surface area contributed by atoms with Crippen LogP contribution in [0.25, 0.3) is 5.69 Å². The van der Waals surface area contributed by atoms with Crippen LogP contribution in [-0.4, -0.2) is 28.0 Å². The standard InChI is InChI=1S/C13H11Cl2N3OS3/c1-2-5-16-11(19)7-21-12-17-18(13(20)22-12)8-3-4-9(14)10(15)6-8/h2-4,6H,1,5,7H2,(H,16,19). The summed E-state index contributed by atoms with van der Waals surface area (Å²) in [5.74, 6) is 0.199. The van der Waals surface area contributed by atoms with Gasteiger partial charge in [-0.15, -0.1) is 11.7 Å². The number of nitrogens with zero attached hydrogens (tertiary/aromatic N) is 2. The predicted molar refractivity (Wildman–Crippen MR) is 96.2 cm³/mol. The first-order chi connectivity index (χ1) is 10.5. The van der Waals surface area contributed by atoms with Crippen molar-refractivity contribution in [3.8, 4) is 5.69 Å². The van der Waals surface area contributed by atoms with Crippen molar-refractivity contribution in [2.45, 2.75) is 4.34 Å². The number of hydrogen-bond acceptors (Lipinski definition) is 5. The second-order valence-corrected chi connectivity index (χ2v) is 7.69. The molecule has 22 heavy (non-hydrogen) atoms. The Morgan fingerprint density at radius 1 is 1.50 bits per heavy atom. The molecule has 0 aliphatic heterocycles. The van der Waals surface area contributed by atoms with Gasteiger partial charge in [0.05, 0.1) is 21.5 Å². The molecule has 1 aromatic carbocycles. The van der Waals surface area contributed by atoms with Crippen LogP contribution in [0.3, 0.4) is 0 Å².